The lowest BCUT2D eigenvalue weighted by molar-refractivity contribution is 0.0780. The van der Waals surface area contributed by atoms with Gasteiger partial charge in [0.1, 0.15) is 5.82 Å². The topological polar surface area (TPSA) is 20.3 Å². The van der Waals surface area contributed by atoms with Crippen molar-refractivity contribution in [3.63, 3.8) is 0 Å². The number of rotatable bonds is 3. The highest BCUT2D eigenvalue weighted by molar-refractivity contribution is 7.80. The molecule has 0 unspecified atom stereocenters. The second-order valence-electron chi connectivity index (χ2n) is 4.45. The molecule has 0 aliphatic rings. The fraction of sp³-hybridized carbons (Fsp3) is 0.133. The van der Waals surface area contributed by atoms with Gasteiger partial charge in [0.25, 0.3) is 5.91 Å². The van der Waals surface area contributed by atoms with Crippen molar-refractivity contribution in [1.82, 2.24) is 4.90 Å². The van der Waals surface area contributed by atoms with E-state index in [1.165, 1.54) is 23.1 Å². The molecule has 0 radical (unpaired) electrons. The minimum absolute atomic E-state index is 0.0222. The van der Waals surface area contributed by atoms with Gasteiger partial charge in [-0.15, -0.1) is 12.6 Å². The largest absolute Gasteiger partial charge is 0.337 e. The van der Waals surface area contributed by atoms with Gasteiger partial charge in [-0.25, -0.2) is 4.39 Å². The van der Waals surface area contributed by atoms with Crippen LogP contribution in [-0.4, -0.2) is 17.9 Å². The first-order valence-electron chi connectivity index (χ1n) is 5.96. The lowest BCUT2D eigenvalue weighted by atomic mass is 10.1. The SMILES string of the molecule is CN(Cc1ccc(Cl)cc1)C(=O)c1cc(S)ccc1F. The van der Waals surface area contributed by atoms with Gasteiger partial charge in [-0.1, -0.05) is 23.7 Å². The molecule has 0 heterocycles. The zero-order chi connectivity index (χ0) is 14.7. The first kappa shape index (κ1) is 14.9. The van der Waals surface area contributed by atoms with Crippen LogP contribution in [0.4, 0.5) is 4.39 Å². The van der Waals surface area contributed by atoms with Gasteiger partial charge in [0.05, 0.1) is 5.56 Å². The molecule has 0 spiro atoms. The summed E-state index contributed by atoms with van der Waals surface area (Å²) in [5, 5.41) is 0.636. The van der Waals surface area contributed by atoms with E-state index in [-0.39, 0.29) is 11.5 Å². The van der Waals surface area contributed by atoms with Gasteiger partial charge in [-0.2, -0.15) is 0 Å². The van der Waals surface area contributed by atoms with Gasteiger partial charge in [0, 0.05) is 23.5 Å². The summed E-state index contributed by atoms with van der Waals surface area (Å²) in [4.78, 5) is 14.2. The number of benzene rings is 2. The molecule has 0 N–H and O–H groups in total. The van der Waals surface area contributed by atoms with E-state index in [0.717, 1.165) is 5.56 Å². The van der Waals surface area contributed by atoms with Crippen molar-refractivity contribution in [2.75, 3.05) is 7.05 Å². The van der Waals surface area contributed by atoms with Crippen LogP contribution < -0.4 is 0 Å². The smallest absolute Gasteiger partial charge is 0.256 e. The van der Waals surface area contributed by atoms with Crippen LogP contribution >= 0.6 is 24.2 Å². The zero-order valence-corrected chi connectivity index (χ0v) is 12.5. The second-order valence-corrected chi connectivity index (χ2v) is 5.40. The molecule has 0 saturated carbocycles. The number of hydrogen-bond acceptors (Lipinski definition) is 2. The molecular weight excluding hydrogens is 297 g/mol. The predicted octanol–water partition coefficient (Wildman–Crippen LogP) is 4.04. The maximum Gasteiger partial charge on any atom is 0.256 e. The summed E-state index contributed by atoms with van der Waals surface area (Å²) in [6.07, 6.45) is 0. The molecule has 0 atom stereocenters. The van der Waals surface area contributed by atoms with E-state index < -0.39 is 5.82 Å². The van der Waals surface area contributed by atoms with Gasteiger partial charge in [-0.3, -0.25) is 4.79 Å². The van der Waals surface area contributed by atoms with Gasteiger partial charge >= 0.3 is 0 Å². The average molecular weight is 310 g/mol. The molecule has 0 aliphatic carbocycles. The molecule has 2 nitrogen and oxygen atoms in total. The maximum atomic E-state index is 13.7. The van der Waals surface area contributed by atoms with Crippen LogP contribution in [0.1, 0.15) is 15.9 Å². The molecule has 2 aromatic carbocycles. The molecule has 2 aromatic rings. The highest BCUT2D eigenvalue weighted by Gasteiger charge is 2.16. The van der Waals surface area contributed by atoms with Crippen molar-refractivity contribution in [3.8, 4) is 0 Å². The summed E-state index contributed by atoms with van der Waals surface area (Å²) in [5.74, 6) is -0.927. The van der Waals surface area contributed by atoms with E-state index in [4.69, 9.17) is 11.6 Å². The van der Waals surface area contributed by atoms with E-state index in [2.05, 4.69) is 12.6 Å². The average Bonchev–Trinajstić information content (AvgIpc) is 2.43. The summed E-state index contributed by atoms with van der Waals surface area (Å²) >= 11 is 9.93. The number of hydrogen-bond donors (Lipinski definition) is 1. The molecular formula is C15H13ClFNOS. The summed E-state index contributed by atoms with van der Waals surface area (Å²) in [7, 11) is 1.63. The van der Waals surface area contributed by atoms with E-state index in [1.54, 1.807) is 19.2 Å². The van der Waals surface area contributed by atoms with Gasteiger partial charge in [-0.05, 0) is 35.9 Å². The van der Waals surface area contributed by atoms with Crippen LogP contribution in [0.5, 0.6) is 0 Å². The molecule has 0 saturated heterocycles. The van der Waals surface area contributed by atoms with E-state index >= 15 is 0 Å². The van der Waals surface area contributed by atoms with Crippen LogP contribution in [0, 0.1) is 5.82 Å². The third-order valence-electron chi connectivity index (χ3n) is 2.86. The molecule has 0 fully saturated rings. The number of amides is 1. The summed E-state index contributed by atoms with van der Waals surface area (Å²) in [6.45, 7) is 0.381. The standard InChI is InChI=1S/C15H13ClFNOS/c1-18(9-10-2-4-11(16)5-3-10)15(19)13-8-12(20)6-7-14(13)17/h2-8,20H,9H2,1H3. The Morgan fingerprint density at radius 3 is 2.55 bits per heavy atom. The van der Waals surface area contributed by atoms with Crippen molar-refractivity contribution in [2.45, 2.75) is 11.4 Å². The Morgan fingerprint density at radius 2 is 1.90 bits per heavy atom. The van der Waals surface area contributed by atoms with Gasteiger partial charge in [0.2, 0.25) is 0 Å². The molecule has 2 rings (SSSR count). The molecule has 1 amide bonds. The minimum atomic E-state index is -0.546. The van der Waals surface area contributed by atoms with Crippen LogP contribution in [0.15, 0.2) is 47.4 Å². The van der Waals surface area contributed by atoms with Crippen molar-refractivity contribution < 1.29 is 9.18 Å². The Kier molecular flexibility index (Phi) is 4.68. The minimum Gasteiger partial charge on any atom is -0.337 e. The first-order valence-corrected chi connectivity index (χ1v) is 6.78. The normalized spacial score (nSPS) is 10.4. The van der Waals surface area contributed by atoms with Crippen molar-refractivity contribution in [2.24, 2.45) is 0 Å². The molecule has 5 heteroatoms. The number of halogens is 2. The number of nitrogens with zero attached hydrogens (tertiary/aromatic N) is 1. The maximum absolute atomic E-state index is 13.7. The van der Waals surface area contributed by atoms with Crippen molar-refractivity contribution in [3.05, 3.63) is 64.4 Å². The Bertz CT molecular complexity index is 630. The molecule has 104 valence electrons. The third-order valence-corrected chi connectivity index (χ3v) is 3.39. The van der Waals surface area contributed by atoms with Crippen LogP contribution in [-0.2, 0) is 6.54 Å². The van der Waals surface area contributed by atoms with E-state index in [9.17, 15) is 9.18 Å². The molecule has 0 aliphatic heterocycles. The Hall–Kier alpha value is -1.52. The molecule has 0 bridgehead atoms. The summed E-state index contributed by atoms with van der Waals surface area (Å²) in [5.41, 5.74) is 0.946. The van der Waals surface area contributed by atoms with E-state index in [0.29, 0.717) is 16.5 Å². The van der Waals surface area contributed by atoms with Crippen LogP contribution in [0.25, 0.3) is 0 Å². The fourth-order valence-electron chi connectivity index (χ4n) is 1.82. The lowest BCUT2D eigenvalue weighted by Crippen LogP contribution is -2.27. The second kappa shape index (κ2) is 6.29. The Labute approximate surface area is 127 Å². The zero-order valence-electron chi connectivity index (χ0n) is 10.8. The Morgan fingerprint density at radius 1 is 1.25 bits per heavy atom. The lowest BCUT2D eigenvalue weighted by Gasteiger charge is -2.18. The highest BCUT2D eigenvalue weighted by atomic mass is 35.5. The fourth-order valence-corrected chi connectivity index (χ4v) is 2.15. The van der Waals surface area contributed by atoms with Gasteiger partial charge in [0.15, 0.2) is 0 Å². The third kappa shape index (κ3) is 3.52. The van der Waals surface area contributed by atoms with Gasteiger partial charge < -0.3 is 4.90 Å². The monoisotopic (exact) mass is 309 g/mol. The summed E-state index contributed by atoms with van der Waals surface area (Å²) < 4.78 is 13.7. The molecule has 0 aromatic heterocycles. The highest BCUT2D eigenvalue weighted by Crippen LogP contribution is 2.17. The summed E-state index contributed by atoms with van der Waals surface area (Å²) in [6, 6.07) is 11.3. The van der Waals surface area contributed by atoms with E-state index in [1.807, 2.05) is 12.1 Å². The predicted molar refractivity (Wildman–Crippen MR) is 80.9 cm³/mol. The number of carbonyl (C=O) groups is 1. The Balaban J connectivity index is 2.16. The quantitative estimate of drug-likeness (QED) is 0.848. The van der Waals surface area contributed by atoms with Crippen molar-refractivity contribution >= 4 is 30.1 Å². The molecule has 20 heavy (non-hydrogen) atoms. The van der Waals surface area contributed by atoms with Crippen LogP contribution in [0.2, 0.25) is 5.02 Å². The van der Waals surface area contributed by atoms with Crippen molar-refractivity contribution in [1.29, 1.82) is 0 Å². The number of carbonyl (C=O) groups excluding carboxylic acids is 1. The number of thiol groups is 1. The first-order chi connectivity index (χ1) is 9.47. The van der Waals surface area contributed by atoms with Crippen LogP contribution in [0.3, 0.4) is 0 Å².